The highest BCUT2D eigenvalue weighted by Gasteiger charge is 2.00. The van der Waals surface area contributed by atoms with Crippen molar-refractivity contribution < 1.29 is 0 Å². The molecule has 1 aromatic rings. The maximum Gasteiger partial charge on any atom is 0.0209 e. The van der Waals surface area contributed by atoms with Crippen molar-refractivity contribution in [2.75, 3.05) is 6.54 Å². The third-order valence-corrected chi connectivity index (χ3v) is 2.85. The van der Waals surface area contributed by atoms with E-state index in [1.807, 2.05) is 6.07 Å². The highest BCUT2D eigenvalue weighted by molar-refractivity contribution is 9.11. The molecule has 0 aliphatic heterocycles. The summed E-state index contributed by atoms with van der Waals surface area (Å²) in [5, 5.41) is 3.34. The molecule has 0 saturated carbocycles. The molecule has 0 saturated heterocycles. The van der Waals surface area contributed by atoms with Crippen molar-refractivity contribution in [1.29, 1.82) is 0 Å². The zero-order valence-corrected chi connectivity index (χ0v) is 11.2. The van der Waals surface area contributed by atoms with Gasteiger partial charge in [-0.1, -0.05) is 31.9 Å². The molecule has 0 aliphatic carbocycles. The van der Waals surface area contributed by atoms with Crippen LogP contribution in [0.5, 0.6) is 0 Å². The summed E-state index contributed by atoms with van der Waals surface area (Å²) in [5.41, 5.74) is 6.76. The van der Waals surface area contributed by atoms with Gasteiger partial charge in [-0.3, -0.25) is 0 Å². The number of nitrogens with one attached hydrogen (secondary N) is 1. The Morgan fingerprint density at radius 2 is 1.86 bits per heavy atom. The SMILES string of the molecule is C[C@H](CN)NCc1cc(Br)cc(Br)c1. The van der Waals surface area contributed by atoms with Gasteiger partial charge in [-0.05, 0) is 30.7 Å². The van der Waals surface area contributed by atoms with Crippen LogP contribution in [0.1, 0.15) is 12.5 Å². The van der Waals surface area contributed by atoms with E-state index in [0.717, 1.165) is 15.5 Å². The van der Waals surface area contributed by atoms with Crippen LogP contribution < -0.4 is 11.1 Å². The molecular weight excluding hydrogens is 308 g/mol. The van der Waals surface area contributed by atoms with E-state index in [2.05, 4.69) is 56.2 Å². The Morgan fingerprint density at radius 1 is 1.29 bits per heavy atom. The van der Waals surface area contributed by atoms with E-state index in [4.69, 9.17) is 5.73 Å². The van der Waals surface area contributed by atoms with Crippen LogP contribution in [0.25, 0.3) is 0 Å². The fourth-order valence-corrected chi connectivity index (χ4v) is 2.48. The molecule has 0 unspecified atom stereocenters. The zero-order valence-electron chi connectivity index (χ0n) is 8.06. The average Bonchev–Trinajstić information content (AvgIpc) is 2.12. The Balaban J connectivity index is 2.58. The lowest BCUT2D eigenvalue weighted by Gasteiger charge is -2.11. The van der Waals surface area contributed by atoms with Crippen LogP contribution in [0, 0.1) is 0 Å². The van der Waals surface area contributed by atoms with Gasteiger partial charge in [-0.25, -0.2) is 0 Å². The van der Waals surface area contributed by atoms with E-state index in [1.54, 1.807) is 0 Å². The molecule has 3 N–H and O–H groups in total. The fourth-order valence-electron chi connectivity index (χ4n) is 1.09. The number of hydrogen-bond acceptors (Lipinski definition) is 2. The Bertz CT molecular complexity index is 282. The summed E-state index contributed by atoms with van der Waals surface area (Å²) >= 11 is 6.91. The second-order valence-electron chi connectivity index (χ2n) is 3.30. The van der Waals surface area contributed by atoms with Crippen LogP contribution in [-0.4, -0.2) is 12.6 Å². The quantitative estimate of drug-likeness (QED) is 0.894. The molecule has 4 heteroatoms. The van der Waals surface area contributed by atoms with Crippen LogP contribution in [-0.2, 0) is 6.54 Å². The molecule has 0 spiro atoms. The van der Waals surface area contributed by atoms with Crippen molar-refractivity contribution >= 4 is 31.9 Å². The summed E-state index contributed by atoms with van der Waals surface area (Å²) in [6.07, 6.45) is 0. The first-order valence-corrected chi connectivity index (χ1v) is 6.09. The summed E-state index contributed by atoms with van der Waals surface area (Å²) in [6, 6.07) is 6.57. The van der Waals surface area contributed by atoms with Crippen molar-refractivity contribution in [1.82, 2.24) is 5.32 Å². The number of benzene rings is 1. The highest BCUT2D eigenvalue weighted by atomic mass is 79.9. The maximum absolute atomic E-state index is 5.51. The molecule has 0 aromatic heterocycles. The predicted octanol–water partition coefficient (Wildman–Crippen LogP) is 2.65. The van der Waals surface area contributed by atoms with Gasteiger partial charge in [0.15, 0.2) is 0 Å². The molecular formula is C10H14Br2N2. The monoisotopic (exact) mass is 320 g/mol. The summed E-state index contributed by atoms with van der Waals surface area (Å²) in [4.78, 5) is 0. The highest BCUT2D eigenvalue weighted by Crippen LogP contribution is 2.19. The molecule has 0 bridgehead atoms. The lowest BCUT2D eigenvalue weighted by Crippen LogP contribution is -2.32. The maximum atomic E-state index is 5.51. The molecule has 14 heavy (non-hydrogen) atoms. The van der Waals surface area contributed by atoms with E-state index in [1.165, 1.54) is 5.56 Å². The molecule has 1 aromatic carbocycles. The minimum absolute atomic E-state index is 0.354. The van der Waals surface area contributed by atoms with Crippen molar-refractivity contribution in [3.05, 3.63) is 32.7 Å². The molecule has 0 fully saturated rings. The van der Waals surface area contributed by atoms with Gasteiger partial charge in [-0.15, -0.1) is 0 Å². The van der Waals surface area contributed by atoms with E-state index in [0.29, 0.717) is 12.6 Å². The van der Waals surface area contributed by atoms with E-state index in [-0.39, 0.29) is 0 Å². The van der Waals surface area contributed by atoms with Crippen LogP contribution >= 0.6 is 31.9 Å². The zero-order chi connectivity index (χ0) is 10.6. The lowest BCUT2D eigenvalue weighted by molar-refractivity contribution is 0.556. The Hall–Kier alpha value is 0.1000. The van der Waals surface area contributed by atoms with Gasteiger partial charge in [-0.2, -0.15) is 0 Å². The van der Waals surface area contributed by atoms with E-state index >= 15 is 0 Å². The van der Waals surface area contributed by atoms with Gasteiger partial charge in [0.25, 0.3) is 0 Å². The summed E-state index contributed by atoms with van der Waals surface area (Å²) in [5.74, 6) is 0. The second kappa shape index (κ2) is 5.85. The molecule has 1 rings (SSSR count). The van der Waals surface area contributed by atoms with Crippen LogP contribution in [0.4, 0.5) is 0 Å². The molecule has 0 radical (unpaired) electrons. The number of nitrogens with two attached hydrogens (primary N) is 1. The van der Waals surface area contributed by atoms with Gasteiger partial charge < -0.3 is 11.1 Å². The molecule has 2 nitrogen and oxygen atoms in total. The van der Waals surface area contributed by atoms with Gasteiger partial charge >= 0.3 is 0 Å². The molecule has 0 amide bonds. The topological polar surface area (TPSA) is 38.0 Å². The number of halogens is 2. The summed E-state index contributed by atoms with van der Waals surface area (Å²) in [7, 11) is 0. The minimum atomic E-state index is 0.354. The van der Waals surface area contributed by atoms with Crippen LogP contribution in [0.15, 0.2) is 27.1 Å². The number of hydrogen-bond donors (Lipinski definition) is 2. The third kappa shape index (κ3) is 4.09. The molecule has 78 valence electrons. The van der Waals surface area contributed by atoms with Crippen LogP contribution in [0.3, 0.4) is 0 Å². The Kier molecular flexibility index (Phi) is 5.09. The molecule has 0 heterocycles. The Morgan fingerprint density at radius 3 is 2.36 bits per heavy atom. The summed E-state index contributed by atoms with van der Waals surface area (Å²) in [6.45, 7) is 3.58. The van der Waals surface area contributed by atoms with Gasteiger partial charge in [0.2, 0.25) is 0 Å². The minimum Gasteiger partial charge on any atom is -0.329 e. The first-order chi connectivity index (χ1) is 6.61. The van der Waals surface area contributed by atoms with Crippen molar-refractivity contribution in [3.63, 3.8) is 0 Å². The second-order valence-corrected chi connectivity index (χ2v) is 5.13. The third-order valence-electron chi connectivity index (χ3n) is 1.93. The van der Waals surface area contributed by atoms with Crippen molar-refractivity contribution in [3.8, 4) is 0 Å². The fraction of sp³-hybridized carbons (Fsp3) is 0.400. The lowest BCUT2D eigenvalue weighted by atomic mass is 10.2. The van der Waals surface area contributed by atoms with Crippen molar-refractivity contribution in [2.45, 2.75) is 19.5 Å². The summed E-state index contributed by atoms with van der Waals surface area (Å²) < 4.78 is 2.17. The molecule has 1 atom stereocenters. The van der Waals surface area contributed by atoms with E-state index < -0.39 is 0 Å². The van der Waals surface area contributed by atoms with E-state index in [9.17, 15) is 0 Å². The predicted molar refractivity (Wildman–Crippen MR) is 67.2 cm³/mol. The van der Waals surface area contributed by atoms with Crippen LogP contribution in [0.2, 0.25) is 0 Å². The smallest absolute Gasteiger partial charge is 0.0209 e. The standard InChI is InChI=1S/C10H14Br2N2/c1-7(5-13)14-6-8-2-9(11)4-10(12)3-8/h2-4,7,14H,5-6,13H2,1H3/t7-/m1/s1. The van der Waals surface area contributed by atoms with Gasteiger partial charge in [0.05, 0.1) is 0 Å². The van der Waals surface area contributed by atoms with Gasteiger partial charge in [0, 0.05) is 28.1 Å². The average molecular weight is 322 g/mol. The number of rotatable bonds is 4. The largest absolute Gasteiger partial charge is 0.329 e. The first kappa shape index (κ1) is 12.2. The van der Waals surface area contributed by atoms with Crippen molar-refractivity contribution in [2.24, 2.45) is 5.73 Å². The first-order valence-electron chi connectivity index (χ1n) is 4.50. The Labute approximate surface area is 102 Å². The molecule has 0 aliphatic rings. The normalized spacial score (nSPS) is 12.9. The van der Waals surface area contributed by atoms with Gasteiger partial charge in [0.1, 0.15) is 0 Å².